The highest BCUT2D eigenvalue weighted by Gasteiger charge is 2.39. The lowest BCUT2D eigenvalue weighted by atomic mass is 9.89. The van der Waals surface area contributed by atoms with Gasteiger partial charge in [-0.05, 0) is 37.7 Å². The molecule has 1 unspecified atom stereocenters. The first kappa shape index (κ1) is 52.5. The Bertz CT molecular complexity index is 1110. The van der Waals surface area contributed by atoms with Crippen LogP contribution in [0.3, 0.4) is 0 Å². The molecule has 0 spiro atoms. The minimum atomic E-state index is -4.34. The highest BCUT2D eigenvalue weighted by molar-refractivity contribution is 7.47. The first-order valence-corrected chi connectivity index (χ1v) is 23.5. The topological polar surface area (TPSA) is 152 Å². The first-order valence-electron chi connectivity index (χ1n) is 22.0. The van der Waals surface area contributed by atoms with E-state index in [9.17, 15) is 29.6 Å². The van der Waals surface area contributed by atoms with Gasteiger partial charge in [0.1, 0.15) is 19.8 Å². The van der Waals surface area contributed by atoms with Crippen LogP contribution in [0.25, 0.3) is 0 Å². The van der Waals surface area contributed by atoms with Crippen molar-refractivity contribution in [3.63, 3.8) is 0 Å². The van der Waals surface area contributed by atoms with Gasteiger partial charge in [-0.25, -0.2) is 4.57 Å². The third kappa shape index (κ3) is 28.8. The summed E-state index contributed by atoms with van der Waals surface area (Å²) in [5.74, 6) is -1.03. The van der Waals surface area contributed by atoms with Crippen molar-refractivity contribution in [3.8, 4) is 0 Å². The summed E-state index contributed by atoms with van der Waals surface area (Å²) < 4.78 is 34.7. The molecule has 4 N–H and O–H groups in total. The number of phosphoric acid groups is 1. The number of rotatable bonds is 36. The molecule has 56 heavy (non-hydrogen) atoms. The molecule has 0 aromatic carbocycles. The number of esters is 1. The molecule has 12 heteroatoms. The van der Waals surface area contributed by atoms with Gasteiger partial charge in [-0.15, -0.1) is 0 Å². The lowest BCUT2D eigenvalue weighted by Gasteiger charge is -2.24. The van der Waals surface area contributed by atoms with Gasteiger partial charge in [0.15, 0.2) is 6.10 Å². The van der Waals surface area contributed by atoms with Gasteiger partial charge in [-0.1, -0.05) is 141 Å². The zero-order valence-corrected chi connectivity index (χ0v) is 36.8. The van der Waals surface area contributed by atoms with Gasteiger partial charge in [0, 0.05) is 12.3 Å². The number of carbonyl (C=O) groups is 1. The molecule has 1 aliphatic carbocycles. The Morgan fingerprint density at radius 1 is 0.786 bits per heavy atom. The second-order valence-corrected chi connectivity index (χ2v) is 18.2. The maximum Gasteiger partial charge on any atom is 0.472 e. The Balaban J connectivity index is 2.52. The van der Waals surface area contributed by atoms with E-state index in [1.54, 1.807) is 24.5 Å². The van der Waals surface area contributed by atoms with Gasteiger partial charge in [0.25, 0.3) is 0 Å². The quantitative estimate of drug-likeness (QED) is 0.0120. The summed E-state index contributed by atoms with van der Waals surface area (Å²) in [6.45, 7) is 4.43. The summed E-state index contributed by atoms with van der Waals surface area (Å²) in [4.78, 5) is 22.8. The summed E-state index contributed by atoms with van der Waals surface area (Å²) in [7, 11) is 1.50. The lowest BCUT2D eigenvalue weighted by Crippen LogP contribution is -2.37. The Kier molecular flexibility index (Phi) is 30.3. The highest BCUT2D eigenvalue weighted by atomic mass is 31.2. The summed E-state index contributed by atoms with van der Waals surface area (Å²) in [6.07, 6.45) is 31.2. The van der Waals surface area contributed by atoms with Crippen LogP contribution >= 0.6 is 7.82 Å². The molecule has 1 rings (SSSR count). The van der Waals surface area contributed by atoms with Crippen LogP contribution in [0.4, 0.5) is 0 Å². The minimum Gasteiger partial charge on any atom is -0.492 e. The van der Waals surface area contributed by atoms with Gasteiger partial charge in [0.2, 0.25) is 0 Å². The zero-order chi connectivity index (χ0) is 41.5. The normalized spacial score (nSPS) is 21.3. The fourth-order valence-electron chi connectivity index (χ4n) is 6.80. The van der Waals surface area contributed by atoms with E-state index in [2.05, 4.69) is 13.8 Å². The Labute approximate surface area is 341 Å². The van der Waals surface area contributed by atoms with Crippen molar-refractivity contribution in [1.29, 1.82) is 0 Å². The fourth-order valence-corrected chi connectivity index (χ4v) is 7.54. The van der Waals surface area contributed by atoms with Crippen molar-refractivity contribution >= 4 is 13.8 Å². The second-order valence-electron chi connectivity index (χ2n) is 16.8. The molecular weight excluding hydrogens is 733 g/mol. The van der Waals surface area contributed by atoms with Gasteiger partial charge in [-0.2, -0.15) is 0 Å². The number of quaternary nitrogens is 1. The van der Waals surface area contributed by atoms with Crippen molar-refractivity contribution in [3.05, 3.63) is 36.6 Å². The SMILES string of the molecule is CCCCCCCCCCCCCCCC/C=C/O[C@H](COC(=O)C/C=C\C[C@H]1[C@@H](/C=C/[C@H](O)CCCCC)[C@H](O)C[C@@H]1O)COP(=O)(O)OCC[N+](C)(C)C. The molecule has 0 saturated heterocycles. The molecule has 11 nitrogen and oxygen atoms in total. The zero-order valence-electron chi connectivity index (χ0n) is 35.9. The minimum absolute atomic E-state index is 0.0167. The number of nitrogens with zero attached hydrogens (tertiary/aromatic N) is 1. The molecular formula is C44H83NO10P+. The Morgan fingerprint density at radius 2 is 1.38 bits per heavy atom. The van der Waals surface area contributed by atoms with Gasteiger partial charge in [0.05, 0.1) is 58.7 Å². The van der Waals surface area contributed by atoms with Crippen molar-refractivity contribution in [2.75, 3.05) is 47.5 Å². The number of likely N-dealkylation sites (N-methyl/N-ethyl adjacent to an activating group) is 1. The van der Waals surface area contributed by atoms with Crippen molar-refractivity contribution in [1.82, 2.24) is 0 Å². The highest BCUT2D eigenvalue weighted by Crippen LogP contribution is 2.43. The molecule has 0 amide bonds. The van der Waals surface area contributed by atoms with E-state index in [4.69, 9.17) is 18.5 Å². The van der Waals surface area contributed by atoms with Gasteiger partial charge >= 0.3 is 13.8 Å². The van der Waals surface area contributed by atoms with E-state index < -0.39 is 38.2 Å². The average molecular weight is 817 g/mol. The molecule has 0 bridgehead atoms. The Morgan fingerprint density at radius 3 is 1.98 bits per heavy atom. The number of allylic oxidation sites excluding steroid dienone is 2. The lowest BCUT2D eigenvalue weighted by molar-refractivity contribution is -0.870. The van der Waals surface area contributed by atoms with Gasteiger partial charge < -0.3 is 34.2 Å². The fraction of sp³-hybridized carbons (Fsp3) is 0.841. The molecule has 0 aromatic rings. The molecule has 0 radical (unpaired) electrons. The number of hydrogen-bond acceptors (Lipinski definition) is 9. The molecule has 0 aliphatic heterocycles. The van der Waals surface area contributed by atoms with Crippen molar-refractivity contribution in [2.45, 2.75) is 180 Å². The Hall–Kier alpha value is -1.56. The number of ether oxygens (including phenoxy) is 2. The van der Waals surface area contributed by atoms with Crippen LogP contribution in [0.2, 0.25) is 0 Å². The van der Waals surface area contributed by atoms with Gasteiger partial charge in [-0.3, -0.25) is 13.8 Å². The molecule has 7 atom stereocenters. The molecule has 1 fully saturated rings. The standard InChI is InChI=1S/C44H82NO10P/c1-6-8-10-11-12-13-14-15-16-17-18-19-20-21-22-26-33-52-39(37-55-56(50,51)54-34-32-45(3,4)5)36-53-44(49)29-25-24-28-40-41(43(48)35-42(40)47)31-30-38(46)27-23-9-7-2/h24-26,30-31,33,38-43,46-48H,6-23,27-29,32,34-37H2,1-5H3/p+1/b25-24-,31-30+,33-26+/t38-,39-,40+,41-,42+,43-/m1/s1. The van der Waals surface area contributed by atoms with Crippen LogP contribution in [-0.4, -0.2) is 103 Å². The van der Waals surface area contributed by atoms with E-state index in [0.717, 1.165) is 38.5 Å². The predicted molar refractivity (Wildman–Crippen MR) is 226 cm³/mol. The summed E-state index contributed by atoms with van der Waals surface area (Å²) in [5, 5.41) is 31.4. The first-order chi connectivity index (χ1) is 26.8. The van der Waals surface area contributed by atoms with E-state index >= 15 is 0 Å². The van der Waals surface area contributed by atoms with E-state index in [1.165, 1.54) is 77.0 Å². The average Bonchev–Trinajstić information content (AvgIpc) is 3.41. The van der Waals surface area contributed by atoms with Crippen LogP contribution in [0.15, 0.2) is 36.6 Å². The van der Waals surface area contributed by atoms with E-state index in [-0.39, 0.29) is 44.5 Å². The van der Waals surface area contributed by atoms with E-state index in [0.29, 0.717) is 23.9 Å². The smallest absolute Gasteiger partial charge is 0.472 e. The monoisotopic (exact) mass is 817 g/mol. The van der Waals surface area contributed by atoms with E-state index in [1.807, 2.05) is 33.3 Å². The molecule has 1 aliphatic rings. The second kappa shape index (κ2) is 32.3. The summed E-state index contributed by atoms with van der Waals surface area (Å²) in [5.41, 5.74) is 0. The number of carbonyl (C=O) groups excluding carboxylic acids is 1. The maximum absolute atomic E-state index is 12.6. The van der Waals surface area contributed by atoms with Crippen LogP contribution < -0.4 is 0 Å². The third-order valence-corrected chi connectivity index (χ3v) is 11.4. The molecule has 1 saturated carbocycles. The van der Waals surface area contributed by atoms with Crippen molar-refractivity contribution in [2.24, 2.45) is 11.8 Å². The number of aliphatic hydroxyl groups is 3. The van der Waals surface area contributed by atoms with Crippen molar-refractivity contribution < 1.29 is 52.6 Å². The summed E-state index contributed by atoms with van der Waals surface area (Å²) >= 11 is 0. The number of aliphatic hydroxyl groups excluding tert-OH is 3. The molecule has 0 aromatic heterocycles. The molecule has 328 valence electrons. The third-order valence-electron chi connectivity index (χ3n) is 10.4. The molecule has 0 heterocycles. The largest absolute Gasteiger partial charge is 0.492 e. The summed E-state index contributed by atoms with van der Waals surface area (Å²) in [6, 6.07) is 0. The number of hydrogen-bond donors (Lipinski definition) is 4. The maximum atomic E-state index is 12.6. The van der Waals surface area contributed by atoms with Crippen LogP contribution in [0.1, 0.15) is 155 Å². The number of unbranched alkanes of at least 4 members (excludes halogenated alkanes) is 16. The predicted octanol–water partition coefficient (Wildman–Crippen LogP) is 9.33. The van der Waals surface area contributed by atoms with Crippen LogP contribution in [-0.2, 0) is 27.9 Å². The van der Waals surface area contributed by atoms with Crippen LogP contribution in [0.5, 0.6) is 0 Å². The van der Waals surface area contributed by atoms with Crippen LogP contribution in [0, 0.1) is 11.8 Å². The number of phosphoric ester groups is 1.